The number of fused-ring (bicyclic) bond motifs is 1. The van der Waals surface area contributed by atoms with Gasteiger partial charge in [-0.1, -0.05) is 47.3 Å². The molecule has 1 unspecified atom stereocenters. The van der Waals surface area contributed by atoms with Crippen LogP contribution in [0.2, 0.25) is 0 Å². The minimum absolute atomic E-state index is 0.131. The Hall–Kier alpha value is -2.18. The van der Waals surface area contributed by atoms with Gasteiger partial charge in [0.25, 0.3) is 0 Å². The molecule has 152 valence electrons. The molecule has 1 aliphatic carbocycles. The van der Waals surface area contributed by atoms with E-state index >= 15 is 0 Å². The second-order valence-corrected chi connectivity index (χ2v) is 8.50. The van der Waals surface area contributed by atoms with Gasteiger partial charge >= 0.3 is 0 Å². The van der Waals surface area contributed by atoms with Crippen LogP contribution in [0.3, 0.4) is 0 Å². The van der Waals surface area contributed by atoms with Crippen LogP contribution in [-0.4, -0.2) is 24.2 Å². The molecule has 1 fully saturated rings. The van der Waals surface area contributed by atoms with Crippen molar-refractivity contribution in [3.63, 3.8) is 0 Å². The summed E-state index contributed by atoms with van der Waals surface area (Å²) in [5.41, 5.74) is 9.47. The van der Waals surface area contributed by atoms with Gasteiger partial charge in [0.05, 0.1) is 31.5 Å². The van der Waals surface area contributed by atoms with E-state index < -0.39 is 0 Å². The van der Waals surface area contributed by atoms with Crippen LogP contribution >= 0.6 is 15.9 Å². The van der Waals surface area contributed by atoms with Crippen LogP contribution in [0.1, 0.15) is 43.8 Å². The molecular weight excluding hydrogens is 430 g/mol. The van der Waals surface area contributed by atoms with Crippen LogP contribution in [0.5, 0.6) is 11.5 Å². The number of ether oxygens (including phenoxy) is 2. The third kappa shape index (κ3) is 4.09. The van der Waals surface area contributed by atoms with E-state index in [4.69, 9.17) is 25.2 Å². The molecule has 5 nitrogen and oxygen atoms in total. The number of aromatic nitrogens is 2. The van der Waals surface area contributed by atoms with Gasteiger partial charge in [-0.2, -0.15) is 0 Å². The lowest BCUT2D eigenvalue weighted by Crippen LogP contribution is -2.25. The van der Waals surface area contributed by atoms with E-state index in [1.54, 1.807) is 14.2 Å². The number of hydrogen-bond acceptors (Lipinski definition) is 5. The second kappa shape index (κ2) is 8.67. The number of nitrogens with two attached hydrogens (primary N) is 1. The highest BCUT2D eigenvalue weighted by molar-refractivity contribution is 9.10. The fraction of sp³-hybridized carbons (Fsp3) is 0.391. The quantitative estimate of drug-likeness (QED) is 0.537. The van der Waals surface area contributed by atoms with Gasteiger partial charge in [-0.15, -0.1) is 0 Å². The molecule has 1 aliphatic rings. The second-order valence-electron chi connectivity index (χ2n) is 7.59. The third-order valence-electron chi connectivity index (χ3n) is 5.81. The summed E-state index contributed by atoms with van der Waals surface area (Å²) in [5.74, 6) is 2.43. The molecule has 4 rings (SSSR count). The highest BCUT2D eigenvalue weighted by atomic mass is 79.9. The number of benzene rings is 2. The molecule has 1 aromatic heterocycles. The van der Waals surface area contributed by atoms with E-state index in [2.05, 4.69) is 15.9 Å². The standard InChI is InChI=1S/C23H26BrN3O2/c1-28-19-12-17-18(13-20(19)29-2)26-23(15-8-10-16(24)11-9-15)27-22(17)21(25)14-6-4-3-5-7-14/h8-14,21H,3-7,25H2,1-2H3. The molecule has 1 heterocycles. The summed E-state index contributed by atoms with van der Waals surface area (Å²) in [7, 11) is 3.27. The van der Waals surface area contributed by atoms with Crippen molar-refractivity contribution in [1.29, 1.82) is 0 Å². The number of nitrogens with zero attached hydrogens (tertiary/aromatic N) is 2. The molecule has 3 aromatic rings. The predicted octanol–water partition coefficient (Wildman–Crippen LogP) is 5.66. The Morgan fingerprint density at radius 3 is 2.28 bits per heavy atom. The molecule has 0 radical (unpaired) electrons. The summed E-state index contributed by atoms with van der Waals surface area (Å²) in [4.78, 5) is 9.79. The first-order valence-corrected chi connectivity index (χ1v) is 10.8. The normalized spacial score (nSPS) is 16.0. The van der Waals surface area contributed by atoms with Crippen molar-refractivity contribution in [2.45, 2.75) is 38.1 Å². The van der Waals surface area contributed by atoms with Crippen LogP contribution in [0.4, 0.5) is 0 Å². The minimum atomic E-state index is -0.131. The average molecular weight is 456 g/mol. The lowest BCUT2D eigenvalue weighted by atomic mass is 9.82. The fourth-order valence-corrected chi connectivity index (χ4v) is 4.44. The predicted molar refractivity (Wildman–Crippen MR) is 119 cm³/mol. The van der Waals surface area contributed by atoms with Gasteiger partial charge in [-0.25, -0.2) is 9.97 Å². The summed E-state index contributed by atoms with van der Waals surface area (Å²) in [5, 5.41) is 0.932. The summed E-state index contributed by atoms with van der Waals surface area (Å²) in [6.07, 6.45) is 6.06. The smallest absolute Gasteiger partial charge is 0.162 e. The average Bonchev–Trinajstić information content (AvgIpc) is 2.78. The zero-order valence-electron chi connectivity index (χ0n) is 16.8. The van der Waals surface area contributed by atoms with Crippen LogP contribution in [0.15, 0.2) is 40.9 Å². The first kappa shape index (κ1) is 20.1. The molecule has 1 atom stereocenters. The van der Waals surface area contributed by atoms with E-state index in [0.717, 1.165) is 39.5 Å². The zero-order valence-corrected chi connectivity index (χ0v) is 18.4. The van der Waals surface area contributed by atoms with Crippen molar-refractivity contribution in [2.24, 2.45) is 11.7 Å². The van der Waals surface area contributed by atoms with Gasteiger partial charge in [0.1, 0.15) is 0 Å². The largest absolute Gasteiger partial charge is 0.493 e. The summed E-state index contributed by atoms with van der Waals surface area (Å²) < 4.78 is 12.0. The zero-order chi connectivity index (χ0) is 20.4. The Bertz CT molecular complexity index is 1000. The van der Waals surface area contributed by atoms with Gasteiger partial charge in [0.15, 0.2) is 17.3 Å². The van der Waals surface area contributed by atoms with E-state index in [1.807, 2.05) is 36.4 Å². The topological polar surface area (TPSA) is 70.3 Å². The van der Waals surface area contributed by atoms with Crippen molar-refractivity contribution in [1.82, 2.24) is 9.97 Å². The molecule has 29 heavy (non-hydrogen) atoms. The SMILES string of the molecule is COc1cc2nc(-c3ccc(Br)cc3)nc(C(N)C3CCCCC3)c2cc1OC. The number of rotatable bonds is 5. The highest BCUT2D eigenvalue weighted by Gasteiger charge is 2.26. The Labute approximate surface area is 179 Å². The Kier molecular flexibility index (Phi) is 6.01. The van der Waals surface area contributed by atoms with E-state index in [-0.39, 0.29) is 6.04 Å². The Morgan fingerprint density at radius 1 is 0.966 bits per heavy atom. The van der Waals surface area contributed by atoms with Gasteiger partial charge < -0.3 is 15.2 Å². The van der Waals surface area contributed by atoms with E-state index in [9.17, 15) is 0 Å². The van der Waals surface area contributed by atoms with Crippen LogP contribution < -0.4 is 15.2 Å². The molecule has 0 aliphatic heterocycles. The molecule has 1 saturated carbocycles. The van der Waals surface area contributed by atoms with Crippen LogP contribution in [0, 0.1) is 5.92 Å². The van der Waals surface area contributed by atoms with Crippen LogP contribution in [-0.2, 0) is 0 Å². The molecule has 0 bridgehead atoms. The lowest BCUT2D eigenvalue weighted by molar-refractivity contribution is 0.306. The Balaban J connectivity index is 1.90. The fourth-order valence-electron chi connectivity index (χ4n) is 4.18. The molecule has 0 amide bonds. The lowest BCUT2D eigenvalue weighted by Gasteiger charge is -2.28. The maximum absolute atomic E-state index is 6.80. The third-order valence-corrected chi connectivity index (χ3v) is 6.34. The van der Waals surface area contributed by atoms with E-state index in [0.29, 0.717) is 23.2 Å². The monoisotopic (exact) mass is 455 g/mol. The van der Waals surface area contributed by atoms with Crippen molar-refractivity contribution in [3.05, 3.63) is 46.6 Å². The van der Waals surface area contributed by atoms with Crippen LogP contribution in [0.25, 0.3) is 22.3 Å². The maximum Gasteiger partial charge on any atom is 0.162 e. The summed E-state index contributed by atoms with van der Waals surface area (Å²) in [6, 6.07) is 11.8. The first-order chi connectivity index (χ1) is 14.1. The number of hydrogen-bond donors (Lipinski definition) is 1. The summed E-state index contributed by atoms with van der Waals surface area (Å²) >= 11 is 3.49. The Morgan fingerprint density at radius 2 is 1.62 bits per heavy atom. The van der Waals surface area contributed by atoms with Gasteiger partial charge in [-0.3, -0.25) is 0 Å². The van der Waals surface area contributed by atoms with Gasteiger partial charge in [-0.05, 0) is 37.0 Å². The molecular formula is C23H26BrN3O2. The number of halogens is 1. The highest BCUT2D eigenvalue weighted by Crippen LogP contribution is 2.39. The van der Waals surface area contributed by atoms with Crippen molar-refractivity contribution >= 4 is 26.8 Å². The van der Waals surface area contributed by atoms with Gasteiger partial charge in [0, 0.05) is 21.5 Å². The first-order valence-electron chi connectivity index (χ1n) is 10.1. The van der Waals surface area contributed by atoms with E-state index in [1.165, 1.54) is 19.3 Å². The van der Waals surface area contributed by atoms with Crippen molar-refractivity contribution < 1.29 is 9.47 Å². The minimum Gasteiger partial charge on any atom is -0.493 e. The maximum atomic E-state index is 6.80. The molecule has 6 heteroatoms. The summed E-state index contributed by atoms with van der Waals surface area (Å²) in [6.45, 7) is 0. The van der Waals surface area contributed by atoms with Crippen molar-refractivity contribution in [2.75, 3.05) is 14.2 Å². The molecule has 0 saturated heterocycles. The molecule has 0 spiro atoms. The van der Waals surface area contributed by atoms with Crippen molar-refractivity contribution in [3.8, 4) is 22.9 Å². The number of methoxy groups -OCH3 is 2. The van der Waals surface area contributed by atoms with Gasteiger partial charge in [0.2, 0.25) is 0 Å². The molecule has 2 N–H and O–H groups in total. The molecule has 2 aromatic carbocycles.